The lowest BCUT2D eigenvalue weighted by Gasteiger charge is -2.70. The van der Waals surface area contributed by atoms with Crippen LogP contribution < -0.4 is 14.8 Å². The summed E-state index contributed by atoms with van der Waals surface area (Å²) in [5, 5.41) is 2.95. The molecule has 1 aliphatic heterocycles. The SMILES string of the molecule is Cc1cc(OCC(=O)NC23CC(CC(=O)[C@H]4CC(=O)c5cc(F)c(F)cc5O4)(C2)C3)ccc1F. The normalized spacial score (nSPS) is 26.5. The Bertz CT molecular complexity index is 1210. The number of hydrogen-bond donors (Lipinski definition) is 1. The van der Waals surface area contributed by atoms with Gasteiger partial charge in [0.1, 0.15) is 17.3 Å². The predicted octanol–water partition coefficient (Wildman–Crippen LogP) is 3.82. The zero-order valence-corrected chi connectivity index (χ0v) is 18.4. The molecular formula is C25H22F3NO5. The lowest BCUT2D eigenvalue weighted by Crippen LogP contribution is -2.75. The van der Waals surface area contributed by atoms with Gasteiger partial charge in [0.2, 0.25) is 0 Å². The van der Waals surface area contributed by atoms with Crippen LogP contribution in [0.3, 0.4) is 0 Å². The predicted molar refractivity (Wildman–Crippen MR) is 113 cm³/mol. The Labute approximate surface area is 193 Å². The van der Waals surface area contributed by atoms with Gasteiger partial charge in [-0.15, -0.1) is 0 Å². The van der Waals surface area contributed by atoms with Gasteiger partial charge in [-0.1, -0.05) is 0 Å². The highest BCUT2D eigenvalue weighted by Gasteiger charge is 2.68. The van der Waals surface area contributed by atoms with Crippen LogP contribution in [0.5, 0.6) is 11.5 Å². The Kier molecular flexibility index (Phi) is 5.18. The van der Waals surface area contributed by atoms with Gasteiger partial charge in [-0.2, -0.15) is 0 Å². The monoisotopic (exact) mass is 473 g/mol. The van der Waals surface area contributed by atoms with E-state index < -0.39 is 23.5 Å². The van der Waals surface area contributed by atoms with Gasteiger partial charge in [0.05, 0.1) is 12.0 Å². The number of ketones is 2. The average Bonchev–Trinajstić information content (AvgIpc) is 2.73. The van der Waals surface area contributed by atoms with E-state index >= 15 is 0 Å². The number of carbonyl (C=O) groups excluding carboxylic acids is 3. The van der Waals surface area contributed by atoms with E-state index in [2.05, 4.69) is 5.32 Å². The second kappa shape index (κ2) is 7.85. The van der Waals surface area contributed by atoms with Gasteiger partial charge >= 0.3 is 0 Å². The van der Waals surface area contributed by atoms with Crippen molar-refractivity contribution in [1.29, 1.82) is 0 Å². The minimum atomic E-state index is -1.14. The fraction of sp³-hybridized carbons (Fsp3) is 0.400. The summed E-state index contributed by atoms with van der Waals surface area (Å²) in [7, 11) is 0. The summed E-state index contributed by atoms with van der Waals surface area (Å²) >= 11 is 0. The maximum absolute atomic E-state index is 13.5. The quantitative estimate of drug-likeness (QED) is 0.661. The first-order valence-corrected chi connectivity index (χ1v) is 11.0. The summed E-state index contributed by atoms with van der Waals surface area (Å²) in [5.74, 6) is -3.37. The lowest BCUT2D eigenvalue weighted by atomic mass is 9.38. The van der Waals surface area contributed by atoms with Gasteiger partial charge in [0.25, 0.3) is 5.91 Å². The molecular weight excluding hydrogens is 451 g/mol. The molecule has 6 nitrogen and oxygen atoms in total. The molecule has 178 valence electrons. The largest absolute Gasteiger partial charge is 0.484 e. The lowest BCUT2D eigenvalue weighted by molar-refractivity contribution is -0.175. The zero-order chi connectivity index (χ0) is 24.3. The van der Waals surface area contributed by atoms with Crippen molar-refractivity contribution in [2.24, 2.45) is 5.41 Å². The molecule has 2 aromatic rings. The number of nitrogens with one attached hydrogen (secondary N) is 1. The van der Waals surface area contributed by atoms with Crippen LogP contribution in [-0.4, -0.2) is 35.7 Å². The molecule has 0 spiro atoms. The summed E-state index contributed by atoms with van der Waals surface area (Å²) < 4.78 is 51.2. The molecule has 34 heavy (non-hydrogen) atoms. The number of amides is 1. The van der Waals surface area contributed by atoms with Crippen LogP contribution in [0.1, 0.15) is 48.0 Å². The zero-order valence-electron chi connectivity index (χ0n) is 18.4. The van der Waals surface area contributed by atoms with Gasteiger partial charge in [-0.25, -0.2) is 13.2 Å². The van der Waals surface area contributed by atoms with Crippen molar-refractivity contribution in [3.63, 3.8) is 0 Å². The van der Waals surface area contributed by atoms with Crippen LogP contribution in [0.4, 0.5) is 13.2 Å². The van der Waals surface area contributed by atoms with Crippen LogP contribution in [-0.2, 0) is 9.59 Å². The Morgan fingerprint density at radius 2 is 1.79 bits per heavy atom. The molecule has 0 aromatic heterocycles. The van der Waals surface area contributed by atoms with E-state index in [1.54, 1.807) is 6.92 Å². The Hall–Kier alpha value is -3.36. The second-order valence-electron chi connectivity index (χ2n) is 9.70. The van der Waals surface area contributed by atoms with E-state index in [1.807, 2.05) is 0 Å². The third-order valence-electron chi connectivity index (χ3n) is 6.92. The molecule has 1 atom stereocenters. The smallest absolute Gasteiger partial charge is 0.258 e. The first kappa shape index (κ1) is 22.4. The number of fused-ring (bicyclic) bond motifs is 1. The van der Waals surface area contributed by atoms with Gasteiger partial charge in [0.15, 0.2) is 35.9 Å². The summed E-state index contributed by atoms with van der Waals surface area (Å²) in [5.41, 5.74) is -0.253. The number of ether oxygens (including phenoxy) is 2. The fourth-order valence-electron chi connectivity index (χ4n) is 5.49. The summed E-state index contributed by atoms with van der Waals surface area (Å²) in [6.07, 6.45) is 0.831. The molecule has 2 bridgehead atoms. The van der Waals surface area contributed by atoms with Crippen molar-refractivity contribution < 1.29 is 37.0 Å². The number of aryl methyl sites for hydroxylation is 1. The maximum Gasteiger partial charge on any atom is 0.258 e. The Morgan fingerprint density at radius 3 is 2.50 bits per heavy atom. The highest BCUT2D eigenvalue weighted by molar-refractivity contribution is 6.03. The van der Waals surface area contributed by atoms with Gasteiger partial charge in [0, 0.05) is 18.0 Å². The molecule has 1 heterocycles. The fourth-order valence-corrected chi connectivity index (χ4v) is 5.49. The van der Waals surface area contributed by atoms with E-state index in [0.29, 0.717) is 30.6 Å². The molecule has 4 aliphatic rings. The number of carbonyl (C=O) groups is 3. The van der Waals surface area contributed by atoms with Crippen molar-refractivity contribution in [2.75, 3.05) is 6.61 Å². The van der Waals surface area contributed by atoms with Crippen molar-refractivity contribution in [3.8, 4) is 11.5 Å². The average molecular weight is 473 g/mol. The summed E-state index contributed by atoms with van der Waals surface area (Å²) in [6.45, 7) is 1.41. The van der Waals surface area contributed by atoms with Gasteiger partial charge in [-0.05, 0) is 61.4 Å². The van der Waals surface area contributed by atoms with E-state index in [0.717, 1.165) is 12.1 Å². The number of rotatable bonds is 7. The van der Waals surface area contributed by atoms with E-state index in [9.17, 15) is 27.6 Å². The first-order valence-electron chi connectivity index (χ1n) is 11.0. The van der Waals surface area contributed by atoms with Crippen LogP contribution in [0.2, 0.25) is 0 Å². The molecule has 1 amide bonds. The minimum absolute atomic E-state index is 0.0619. The van der Waals surface area contributed by atoms with Crippen LogP contribution in [0.15, 0.2) is 30.3 Å². The van der Waals surface area contributed by atoms with Crippen molar-refractivity contribution in [2.45, 2.75) is 50.7 Å². The Morgan fingerprint density at radius 1 is 1.09 bits per heavy atom. The van der Waals surface area contributed by atoms with E-state index in [-0.39, 0.29) is 59.2 Å². The van der Waals surface area contributed by atoms with Crippen LogP contribution in [0.25, 0.3) is 0 Å². The van der Waals surface area contributed by atoms with Crippen molar-refractivity contribution >= 4 is 17.5 Å². The van der Waals surface area contributed by atoms with E-state index in [1.165, 1.54) is 18.2 Å². The number of Topliss-reactive ketones (excluding diaryl/α,β-unsaturated/α-hetero) is 2. The molecule has 0 radical (unpaired) electrons. The van der Waals surface area contributed by atoms with Gasteiger partial charge < -0.3 is 14.8 Å². The Balaban J connectivity index is 1.11. The first-order chi connectivity index (χ1) is 16.1. The van der Waals surface area contributed by atoms with Crippen molar-refractivity contribution in [3.05, 3.63) is 58.9 Å². The molecule has 9 heteroatoms. The highest BCUT2D eigenvalue weighted by Crippen LogP contribution is 2.69. The van der Waals surface area contributed by atoms with Gasteiger partial charge in [-0.3, -0.25) is 14.4 Å². The second-order valence-corrected chi connectivity index (χ2v) is 9.70. The minimum Gasteiger partial charge on any atom is -0.484 e. The molecule has 2 aromatic carbocycles. The van der Waals surface area contributed by atoms with Crippen LogP contribution in [0, 0.1) is 29.8 Å². The molecule has 6 rings (SSSR count). The third-order valence-corrected chi connectivity index (χ3v) is 6.92. The number of halogens is 3. The van der Waals surface area contributed by atoms with Crippen LogP contribution >= 0.6 is 0 Å². The number of benzene rings is 2. The molecule has 0 saturated heterocycles. The molecule has 3 saturated carbocycles. The van der Waals surface area contributed by atoms with E-state index in [4.69, 9.17) is 9.47 Å². The number of hydrogen-bond acceptors (Lipinski definition) is 5. The third kappa shape index (κ3) is 3.93. The maximum atomic E-state index is 13.5. The van der Waals surface area contributed by atoms with Crippen molar-refractivity contribution in [1.82, 2.24) is 5.32 Å². The molecule has 1 N–H and O–H groups in total. The molecule has 3 fully saturated rings. The standard InChI is InChI=1S/C25H22F3NO5/c1-13-4-14(2-3-16(13)26)33-9-23(32)29-25-10-24(11-25,12-25)8-20(31)22-7-19(30)15-5-17(27)18(28)6-21(15)34-22/h2-6,22H,7-12H2,1H3,(H,29,32)/t22-,24?,25?/m1/s1. The highest BCUT2D eigenvalue weighted by atomic mass is 19.2. The molecule has 3 aliphatic carbocycles. The summed E-state index contributed by atoms with van der Waals surface area (Å²) in [4.78, 5) is 37.4. The summed E-state index contributed by atoms with van der Waals surface area (Å²) in [6, 6.07) is 5.84. The molecule has 0 unspecified atom stereocenters. The topological polar surface area (TPSA) is 81.7 Å².